The van der Waals surface area contributed by atoms with E-state index >= 15 is 0 Å². The molecular weight excluding hydrogens is 341 g/mol. The molecular formula is C16H13F3N2O4. The van der Waals surface area contributed by atoms with E-state index in [4.69, 9.17) is 0 Å². The number of amides is 1. The first-order chi connectivity index (χ1) is 11.8. The van der Waals surface area contributed by atoms with E-state index in [1.165, 1.54) is 48.5 Å². The number of rotatable bonds is 6. The number of halogens is 3. The minimum atomic E-state index is -4.42. The minimum absolute atomic E-state index is 0.0473. The van der Waals surface area contributed by atoms with Crippen LogP contribution >= 0.6 is 0 Å². The van der Waals surface area contributed by atoms with Crippen molar-refractivity contribution in [1.29, 1.82) is 0 Å². The topological polar surface area (TPSA) is 81.5 Å². The van der Waals surface area contributed by atoms with Crippen LogP contribution in [0.4, 0.5) is 18.9 Å². The maximum Gasteiger partial charge on any atom is 0.422 e. The summed E-state index contributed by atoms with van der Waals surface area (Å²) in [6.07, 6.45) is -4.42. The monoisotopic (exact) mass is 354 g/mol. The lowest BCUT2D eigenvalue weighted by Crippen LogP contribution is -2.23. The van der Waals surface area contributed by atoms with Crippen LogP contribution < -0.4 is 10.1 Å². The van der Waals surface area contributed by atoms with E-state index in [0.717, 1.165) is 0 Å². The molecule has 0 bridgehead atoms. The Labute approximate surface area is 140 Å². The number of carbonyl (C=O) groups excluding carboxylic acids is 1. The quantitative estimate of drug-likeness (QED) is 0.636. The van der Waals surface area contributed by atoms with Gasteiger partial charge in [-0.2, -0.15) is 13.2 Å². The van der Waals surface area contributed by atoms with Crippen LogP contribution in [-0.2, 0) is 6.54 Å². The Balaban J connectivity index is 1.95. The van der Waals surface area contributed by atoms with Gasteiger partial charge >= 0.3 is 6.18 Å². The van der Waals surface area contributed by atoms with Crippen molar-refractivity contribution in [2.75, 3.05) is 6.61 Å². The number of hydrogen-bond donors (Lipinski definition) is 1. The second-order valence-electron chi connectivity index (χ2n) is 5.00. The molecule has 0 aliphatic heterocycles. The average Bonchev–Trinajstić information content (AvgIpc) is 2.58. The highest BCUT2D eigenvalue weighted by atomic mass is 19.4. The zero-order valence-corrected chi connectivity index (χ0v) is 12.7. The SMILES string of the molecule is O=C(NCc1ccc(OCC(F)(F)F)cc1)c1ccccc1[N+](=O)[O-]. The zero-order valence-electron chi connectivity index (χ0n) is 12.7. The summed E-state index contributed by atoms with van der Waals surface area (Å²) in [4.78, 5) is 22.3. The van der Waals surface area contributed by atoms with Crippen molar-refractivity contribution in [3.05, 3.63) is 69.8 Å². The number of hydrogen-bond acceptors (Lipinski definition) is 4. The molecule has 0 spiro atoms. The molecule has 0 aliphatic carbocycles. The fraction of sp³-hybridized carbons (Fsp3) is 0.188. The number of nitro groups is 1. The van der Waals surface area contributed by atoms with Crippen molar-refractivity contribution < 1.29 is 27.6 Å². The van der Waals surface area contributed by atoms with Gasteiger partial charge < -0.3 is 10.1 Å². The van der Waals surface area contributed by atoms with Gasteiger partial charge in [-0.3, -0.25) is 14.9 Å². The molecule has 0 saturated heterocycles. The Hall–Kier alpha value is -3.10. The van der Waals surface area contributed by atoms with Crippen molar-refractivity contribution in [2.24, 2.45) is 0 Å². The molecule has 0 heterocycles. The van der Waals surface area contributed by atoms with Crippen LogP contribution in [0.15, 0.2) is 48.5 Å². The first-order valence-corrected chi connectivity index (χ1v) is 7.06. The lowest BCUT2D eigenvalue weighted by atomic mass is 10.1. The van der Waals surface area contributed by atoms with Gasteiger partial charge in [-0.05, 0) is 23.8 Å². The van der Waals surface area contributed by atoms with Crippen molar-refractivity contribution >= 4 is 11.6 Å². The number of benzene rings is 2. The van der Waals surface area contributed by atoms with Crippen molar-refractivity contribution in [1.82, 2.24) is 5.32 Å². The van der Waals surface area contributed by atoms with Gasteiger partial charge in [0.25, 0.3) is 11.6 Å². The van der Waals surface area contributed by atoms with Gasteiger partial charge in [0, 0.05) is 12.6 Å². The summed E-state index contributed by atoms with van der Waals surface area (Å²) in [5, 5.41) is 13.4. The molecule has 132 valence electrons. The van der Waals surface area contributed by atoms with Crippen molar-refractivity contribution in [3.8, 4) is 5.75 Å². The highest BCUT2D eigenvalue weighted by molar-refractivity contribution is 5.98. The molecule has 0 saturated carbocycles. The van der Waals surface area contributed by atoms with Crippen molar-refractivity contribution in [2.45, 2.75) is 12.7 Å². The molecule has 1 N–H and O–H groups in total. The van der Waals surface area contributed by atoms with Gasteiger partial charge in [-0.15, -0.1) is 0 Å². The summed E-state index contributed by atoms with van der Waals surface area (Å²) < 4.78 is 40.8. The van der Waals surface area contributed by atoms with E-state index in [0.29, 0.717) is 5.56 Å². The molecule has 25 heavy (non-hydrogen) atoms. The van der Waals surface area contributed by atoms with E-state index in [9.17, 15) is 28.1 Å². The molecule has 0 atom stereocenters. The summed E-state index contributed by atoms with van der Waals surface area (Å²) >= 11 is 0. The van der Waals surface area contributed by atoms with Crippen molar-refractivity contribution in [3.63, 3.8) is 0 Å². The highest BCUT2D eigenvalue weighted by Crippen LogP contribution is 2.20. The number of carbonyl (C=O) groups is 1. The molecule has 6 nitrogen and oxygen atoms in total. The summed E-state index contributed by atoms with van der Waals surface area (Å²) in [7, 11) is 0. The standard InChI is InChI=1S/C16H13F3N2O4/c17-16(18,19)10-25-12-7-5-11(6-8-12)9-20-15(22)13-3-1-2-4-14(13)21(23)24/h1-8H,9-10H2,(H,20,22). The van der Waals surface area contributed by atoms with Crippen LogP contribution in [0.25, 0.3) is 0 Å². The molecule has 0 unspecified atom stereocenters. The van der Waals surface area contributed by atoms with Crippen LogP contribution in [0.1, 0.15) is 15.9 Å². The molecule has 0 aromatic heterocycles. The normalized spacial score (nSPS) is 11.0. The third-order valence-corrected chi connectivity index (χ3v) is 3.12. The van der Waals surface area contributed by atoms with E-state index < -0.39 is 23.6 Å². The van der Waals surface area contributed by atoms with Crippen LogP contribution in [0.2, 0.25) is 0 Å². The molecule has 2 aromatic rings. The Bertz CT molecular complexity index is 761. The minimum Gasteiger partial charge on any atom is -0.484 e. The van der Waals surface area contributed by atoms with Crippen LogP contribution in [0.5, 0.6) is 5.75 Å². The fourth-order valence-corrected chi connectivity index (χ4v) is 1.97. The molecule has 0 aliphatic rings. The number of nitrogens with one attached hydrogen (secondary N) is 1. The molecule has 9 heteroatoms. The van der Waals surface area contributed by atoms with Crippen LogP contribution in [0, 0.1) is 10.1 Å². The lowest BCUT2D eigenvalue weighted by Gasteiger charge is -2.10. The van der Waals surface area contributed by atoms with E-state index in [1.807, 2.05) is 0 Å². The highest BCUT2D eigenvalue weighted by Gasteiger charge is 2.28. The Morgan fingerprint density at radius 3 is 2.36 bits per heavy atom. The Morgan fingerprint density at radius 1 is 1.12 bits per heavy atom. The van der Waals surface area contributed by atoms with E-state index in [-0.39, 0.29) is 23.5 Å². The predicted molar refractivity (Wildman–Crippen MR) is 82.3 cm³/mol. The molecule has 1 amide bonds. The summed E-state index contributed by atoms with van der Waals surface area (Å²) in [6, 6.07) is 11.2. The van der Waals surface area contributed by atoms with Gasteiger partial charge in [-0.1, -0.05) is 24.3 Å². The van der Waals surface area contributed by atoms with Crippen LogP contribution in [0.3, 0.4) is 0 Å². The van der Waals surface area contributed by atoms with Gasteiger partial charge in [0.2, 0.25) is 0 Å². The molecule has 2 rings (SSSR count). The van der Waals surface area contributed by atoms with Crippen LogP contribution in [-0.4, -0.2) is 23.6 Å². The smallest absolute Gasteiger partial charge is 0.422 e. The second-order valence-corrected chi connectivity index (χ2v) is 5.00. The largest absolute Gasteiger partial charge is 0.484 e. The zero-order chi connectivity index (χ0) is 18.4. The summed E-state index contributed by atoms with van der Waals surface area (Å²) in [5.41, 5.74) is 0.222. The third kappa shape index (κ3) is 5.48. The average molecular weight is 354 g/mol. The van der Waals surface area contributed by atoms with Gasteiger partial charge in [0.05, 0.1) is 4.92 Å². The van der Waals surface area contributed by atoms with Gasteiger partial charge in [0.15, 0.2) is 6.61 Å². The summed E-state index contributed by atoms with van der Waals surface area (Å²) in [6.45, 7) is -1.33. The second kappa shape index (κ2) is 7.65. The number of alkyl halides is 3. The Morgan fingerprint density at radius 2 is 1.76 bits per heavy atom. The third-order valence-electron chi connectivity index (χ3n) is 3.12. The first kappa shape index (κ1) is 18.2. The maximum absolute atomic E-state index is 12.1. The lowest BCUT2D eigenvalue weighted by molar-refractivity contribution is -0.385. The number of ether oxygens (including phenoxy) is 1. The number of nitro benzene ring substituents is 1. The van der Waals surface area contributed by atoms with Gasteiger partial charge in [-0.25, -0.2) is 0 Å². The molecule has 0 fully saturated rings. The number of para-hydroxylation sites is 1. The van der Waals surface area contributed by atoms with Gasteiger partial charge in [0.1, 0.15) is 11.3 Å². The van der Waals surface area contributed by atoms with E-state index in [1.54, 1.807) is 0 Å². The predicted octanol–water partition coefficient (Wildman–Crippen LogP) is 3.47. The fourth-order valence-electron chi connectivity index (χ4n) is 1.97. The number of nitrogens with zero attached hydrogens (tertiary/aromatic N) is 1. The summed E-state index contributed by atoms with van der Waals surface area (Å²) in [5.74, 6) is -0.573. The molecule has 2 aromatic carbocycles. The Kier molecular flexibility index (Phi) is 5.58. The maximum atomic E-state index is 12.1. The molecule has 0 radical (unpaired) electrons. The first-order valence-electron chi connectivity index (χ1n) is 7.06. The van der Waals surface area contributed by atoms with E-state index in [2.05, 4.69) is 10.1 Å².